The summed E-state index contributed by atoms with van der Waals surface area (Å²) in [6.07, 6.45) is -4.11. The van der Waals surface area contributed by atoms with E-state index in [1.54, 1.807) is 47.8 Å². The molecule has 1 saturated heterocycles. The lowest BCUT2D eigenvalue weighted by Gasteiger charge is -2.38. The predicted molar refractivity (Wildman–Crippen MR) is 141 cm³/mol. The summed E-state index contributed by atoms with van der Waals surface area (Å²) in [5.41, 5.74) is 2.99. The Hall–Kier alpha value is -4.71. The molecule has 10 nitrogen and oxygen atoms in total. The summed E-state index contributed by atoms with van der Waals surface area (Å²) in [5.74, 6) is -2.04. The van der Waals surface area contributed by atoms with Crippen LogP contribution in [-0.2, 0) is 22.6 Å². The third-order valence-corrected chi connectivity index (χ3v) is 6.31. The molecule has 2 heterocycles. The van der Waals surface area contributed by atoms with Gasteiger partial charge in [-0.2, -0.15) is 27.2 Å². The normalized spacial score (nSPS) is 14.3. The summed E-state index contributed by atoms with van der Waals surface area (Å²) in [7, 11) is 0. The number of amides is 1. The number of piperazine rings is 1. The molecule has 1 aliphatic heterocycles. The van der Waals surface area contributed by atoms with Crippen molar-refractivity contribution in [2.24, 2.45) is 0 Å². The maximum atomic E-state index is 12.7. The number of imidazole rings is 1. The van der Waals surface area contributed by atoms with Gasteiger partial charge in [-0.1, -0.05) is 30.3 Å². The van der Waals surface area contributed by atoms with Crippen LogP contribution in [0.15, 0.2) is 61.1 Å². The lowest BCUT2D eigenvalue weighted by molar-refractivity contribution is -0.153. The predicted octanol–water partition coefficient (Wildman–Crippen LogP) is 4.80. The van der Waals surface area contributed by atoms with Gasteiger partial charge in [0.1, 0.15) is 12.4 Å². The van der Waals surface area contributed by atoms with Crippen LogP contribution in [0, 0.1) is 11.3 Å². The van der Waals surface area contributed by atoms with Crippen molar-refractivity contribution >= 4 is 12.1 Å². The van der Waals surface area contributed by atoms with Crippen LogP contribution in [0.2, 0.25) is 0 Å². The van der Waals surface area contributed by atoms with Crippen molar-refractivity contribution < 1.29 is 46.1 Å². The highest BCUT2D eigenvalue weighted by Gasteiger charge is 2.30. The number of aromatic nitrogens is 2. The SMILES string of the molecule is N#Cc1ccc(CC(c2cnc[nH]2)N2CCN(C(=O)OCc3ccccc3OCC(F)(F)F)CC2)cc1.O=C(O)C(F)F. The number of carbonyl (C=O) groups excluding carboxylic acids is 1. The number of aromatic amines is 1. The number of hydrogen-bond donors (Lipinski definition) is 2. The van der Waals surface area contributed by atoms with Crippen LogP contribution in [0.25, 0.3) is 0 Å². The zero-order chi connectivity index (χ0) is 31.4. The molecule has 2 N–H and O–H groups in total. The van der Waals surface area contributed by atoms with Crippen molar-refractivity contribution in [3.63, 3.8) is 0 Å². The smallest absolute Gasteiger partial charge is 0.422 e. The highest BCUT2D eigenvalue weighted by molar-refractivity contribution is 5.70. The first kappa shape index (κ1) is 32.8. The van der Waals surface area contributed by atoms with E-state index < -0.39 is 31.3 Å². The van der Waals surface area contributed by atoms with Crippen molar-refractivity contribution in [1.29, 1.82) is 5.26 Å². The Kier molecular flexibility index (Phi) is 11.8. The topological polar surface area (TPSA) is 132 Å². The van der Waals surface area contributed by atoms with E-state index >= 15 is 0 Å². The highest BCUT2D eigenvalue weighted by atomic mass is 19.4. The van der Waals surface area contributed by atoms with E-state index in [0.717, 1.165) is 11.3 Å². The van der Waals surface area contributed by atoms with Crippen LogP contribution < -0.4 is 4.74 Å². The average Bonchev–Trinajstić information content (AvgIpc) is 3.53. The van der Waals surface area contributed by atoms with Gasteiger partial charge in [-0.25, -0.2) is 14.6 Å². The van der Waals surface area contributed by atoms with Crippen molar-refractivity contribution in [2.75, 3.05) is 32.8 Å². The lowest BCUT2D eigenvalue weighted by Crippen LogP contribution is -2.50. The number of nitriles is 1. The van der Waals surface area contributed by atoms with Gasteiger partial charge in [0.2, 0.25) is 0 Å². The second-order valence-corrected chi connectivity index (χ2v) is 9.26. The van der Waals surface area contributed by atoms with Gasteiger partial charge in [0.15, 0.2) is 6.61 Å². The molecule has 1 atom stereocenters. The van der Waals surface area contributed by atoms with Gasteiger partial charge in [0.05, 0.1) is 29.7 Å². The number of H-pyrrole nitrogens is 1. The van der Waals surface area contributed by atoms with Gasteiger partial charge in [0.25, 0.3) is 0 Å². The van der Waals surface area contributed by atoms with Crippen LogP contribution in [0.1, 0.15) is 28.4 Å². The second kappa shape index (κ2) is 15.5. The molecule has 0 aliphatic carbocycles. The minimum absolute atomic E-state index is 0.00580. The number of hydrogen-bond acceptors (Lipinski definition) is 7. The molecule has 43 heavy (non-hydrogen) atoms. The first-order valence-electron chi connectivity index (χ1n) is 12.9. The summed E-state index contributed by atoms with van der Waals surface area (Å²) in [4.78, 5) is 32.8. The van der Waals surface area contributed by atoms with E-state index in [1.807, 2.05) is 12.1 Å². The third-order valence-electron chi connectivity index (χ3n) is 6.31. The number of carboxylic acid groups (broad SMARTS) is 1. The van der Waals surface area contributed by atoms with Crippen LogP contribution >= 0.6 is 0 Å². The largest absolute Gasteiger partial charge is 0.484 e. The molecule has 230 valence electrons. The first-order valence-corrected chi connectivity index (χ1v) is 12.9. The number of para-hydroxylation sites is 1. The molecule has 1 aromatic heterocycles. The molecular formula is C28H28F5N5O5. The molecule has 15 heteroatoms. The van der Waals surface area contributed by atoms with Crippen molar-refractivity contribution in [3.05, 3.63) is 83.4 Å². The molecular weight excluding hydrogens is 581 g/mol. The number of alkyl halides is 5. The number of halogens is 5. The fourth-order valence-corrected chi connectivity index (χ4v) is 4.19. The molecule has 1 fully saturated rings. The average molecular weight is 610 g/mol. The van der Waals surface area contributed by atoms with Crippen LogP contribution in [0.5, 0.6) is 5.75 Å². The van der Waals surface area contributed by atoms with Crippen LogP contribution in [-0.4, -0.2) is 82.3 Å². The van der Waals surface area contributed by atoms with Gasteiger partial charge in [-0.05, 0) is 30.2 Å². The number of carbonyl (C=O) groups is 2. The van der Waals surface area contributed by atoms with Gasteiger partial charge < -0.3 is 24.5 Å². The monoisotopic (exact) mass is 609 g/mol. The van der Waals surface area contributed by atoms with Gasteiger partial charge in [-0.15, -0.1) is 0 Å². The molecule has 3 aromatic rings. The number of carboxylic acids is 1. The minimum atomic E-state index is -4.46. The van der Waals surface area contributed by atoms with Crippen molar-refractivity contribution in [1.82, 2.24) is 19.8 Å². The lowest BCUT2D eigenvalue weighted by atomic mass is 10.0. The molecule has 0 radical (unpaired) electrons. The minimum Gasteiger partial charge on any atom is -0.484 e. The molecule has 1 unspecified atom stereocenters. The van der Waals surface area contributed by atoms with E-state index in [9.17, 15) is 26.7 Å². The summed E-state index contributed by atoms with van der Waals surface area (Å²) in [6.45, 7) is 0.454. The Bertz CT molecular complexity index is 1360. The van der Waals surface area contributed by atoms with Gasteiger partial charge >= 0.3 is 24.7 Å². The summed E-state index contributed by atoms with van der Waals surface area (Å²) in [6, 6.07) is 15.8. The molecule has 1 amide bonds. The van der Waals surface area contributed by atoms with Crippen molar-refractivity contribution in [2.45, 2.75) is 31.7 Å². The molecule has 0 bridgehead atoms. The Labute approximate surface area is 243 Å². The number of nitrogens with zero attached hydrogens (tertiary/aromatic N) is 4. The summed E-state index contributed by atoms with van der Waals surface area (Å²) < 4.78 is 68.9. The number of nitrogens with one attached hydrogen (secondary N) is 1. The Morgan fingerprint density at radius 3 is 2.28 bits per heavy atom. The van der Waals surface area contributed by atoms with Gasteiger partial charge in [0, 0.05) is 37.9 Å². The van der Waals surface area contributed by atoms with Crippen LogP contribution in [0.3, 0.4) is 0 Å². The molecule has 4 rings (SSSR count). The third kappa shape index (κ3) is 10.6. The van der Waals surface area contributed by atoms with E-state index in [0.29, 0.717) is 43.7 Å². The summed E-state index contributed by atoms with van der Waals surface area (Å²) >= 11 is 0. The maximum absolute atomic E-state index is 12.7. The van der Waals surface area contributed by atoms with E-state index in [2.05, 4.69) is 20.9 Å². The Morgan fingerprint density at radius 1 is 1.07 bits per heavy atom. The quantitative estimate of drug-likeness (QED) is 0.331. The standard InChI is InChI=1S/C26H26F3N5O3.C2H2F2O2/c27-26(28,29)17-37-24-4-2-1-3-21(24)16-36-25(35)34-11-9-33(10-12-34)23(22-15-31-18-32-22)13-19-5-7-20(14-30)8-6-19;3-1(4)2(5)6/h1-8,15,18,23H,9-13,16-17H2,(H,31,32);1H,(H,5,6). The van der Waals surface area contributed by atoms with Gasteiger partial charge in [-0.3, -0.25) is 4.90 Å². The molecule has 0 spiro atoms. The van der Waals surface area contributed by atoms with E-state index in [1.165, 1.54) is 6.07 Å². The number of aliphatic carboxylic acids is 1. The fraction of sp³-hybridized carbons (Fsp3) is 0.357. The maximum Gasteiger partial charge on any atom is 0.422 e. The number of benzene rings is 2. The molecule has 0 saturated carbocycles. The number of ether oxygens (including phenoxy) is 2. The fourth-order valence-electron chi connectivity index (χ4n) is 4.19. The molecule has 2 aromatic carbocycles. The van der Waals surface area contributed by atoms with Crippen molar-refractivity contribution in [3.8, 4) is 11.8 Å². The van der Waals surface area contributed by atoms with E-state index in [-0.39, 0.29) is 18.4 Å². The zero-order valence-corrected chi connectivity index (χ0v) is 22.6. The summed E-state index contributed by atoms with van der Waals surface area (Å²) in [5, 5.41) is 16.3. The first-order chi connectivity index (χ1) is 20.5. The Balaban J connectivity index is 0.000000765. The molecule has 1 aliphatic rings. The zero-order valence-electron chi connectivity index (χ0n) is 22.6. The highest BCUT2D eigenvalue weighted by Crippen LogP contribution is 2.26. The Morgan fingerprint density at radius 2 is 1.72 bits per heavy atom. The van der Waals surface area contributed by atoms with E-state index in [4.69, 9.17) is 24.6 Å². The van der Waals surface area contributed by atoms with Crippen LogP contribution in [0.4, 0.5) is 26.7 Å². The number of rotatable bonds is 9. The second-order valence-electron chi connectivity index (χ2n) is 9.26.